The van der Waals surface area contributed by atoms with E-state index in [0.717, 1.165) is 0 Å². The molecular weight excluding hydrogens is 132 g/mol. The second kappa shape index (κ2) is 3.49. The Kier molecular flexibility index (Phi) is 2.59. The second-order valence-corrected chi connectivity index (χ2v) is 2.08. The maximum Gasteiger partial charge on any atom is 0.218 e. The maximum atomic E-state index is 10.7. The average molecular weight is 142 g/mol. The van der Waals surface area contributed by atoms with Crippen LogP contribution >= 0.6 is 0 Å². The van der Waals surface area contributed by atoms with Crippen LogP contribution in [0.1, 0.15) is 6.92 Å². The zero-order valence-corrected chi connectivity index (χ0v) is 5.87. The van der Waals surface area contributed by atoms with E-state index in [9.17, 15) is 4.79 Å². The van der Waals surface area contributed by atoms with E-state index in [1.807, 2.05) is 12.2 Å². The summed E-state index contributed by atoms with van der Waals surface area (Å²) in [5, 5.41) is 0. The Hall–Kier alpha value is -0.670. The molecule has 0 amide bonds. The summed E-state index contributed by atoms with van der Waals surface area (Å²) in [5.41, 5.74) is 0. The lowest BCUT2D eigenvalue weighted by molar-refractivity contribution is -0.160. The van der Waals surface area contributed by atoms with E-state index in [1.165, 1.54) is 6.92 Å². The van der Waals surface area contributed by atoms with Crippen LogP contribution in [-0.2, 0) is 14.3 Å². The van der Waals surface area contributed by atoms with Crippen LogP contribution in [0.5, 0.6) is 0 Å². The van der Waals surface area contributed by atoms with E-state index < -0.39 is 6.29 Å². The largest absolute Gasteiger partial charge is 0.342 e. The van der Waals surface area contributed by atoms with Crippen molar-refractivity contribution in [3.8, 4) is 0 Å². The quantitative estimate of drug-likeness (QED) is 0.500. The highest BCUT2D eigenvalue weighted by Gasteiger charge is 2.14. The van der Waals surface area contributed by atoms with E-state index >= 15 is 0 Å². The van der Waals surface area contributed by atoms with E-state index in [4.69, 9.17) is 9.47 Å². The van der Waals surface area contributed by atoms with Crippen LogP contribution in [-0.4, -0.2) is 25.3 Å². The predicted octanol–water partition coefficient (Wildman–Crippen LogP) is 0.504. The topological polar surface area (TPSA) is 35.5 Å². The molecule has 0 unspecified atom stereocenters. The van der Waals surface area contributed by atoms with E-state index in [1.54, 1.807) is 0 Å². The van der Waals surface area contributed by atoms with Crippen LogP contribution in [0.4, 0.5) is 0 Å². The molecule has 0 fully saturated rings. The van der Waals surface area contributed by atoms with E-state index in [-0.39, 0.29) is 5.78 Å². The van der Waals surface area contributed by atoms with Crippen molar-refractivity contribution >= 4 is 5.78 Å². The molecule has 1 rings (SSSR count). The minimum absolute atomic E-state index is 0.0799. The Labute approximate surface area is 59.6 Å². The molecule has 3 nitrogen and oxygen atoms in total. The van der Waals surface area contributed by atoms with Crippen LogP contribution in [0.2, 0.25) is 0 Å². The number of rotatable bonds is 1. The van der Waals surface area contributed by atoms with Crippen molar-refractivity contribution in [3.63, 3.8) is 0 Å². The lowest BCUT2D eigenvalue weighted by Gasteiger charge is -2.10. The molecule has 0 aliphatic carbocycles. The van der Waals surface area contributed by atoms with E-state index in [2.05, 4.69) is 0 Å². The first-order valence-electron chi connectivity index (χ1n) is 3.19. The van der Waals surface area contributed by atoms with Crippen molar-refractivity contribution in [1.29, 1.82) is 0 Å². The van der Waals surface area contributed by atoms with E-state index in [0.29, 0.717) is 13.2 Å². The highest BCUT2D eigenvalue weighted by atomic mass is 16.7. The molecule has 0 saturated heterocycles. The fourth-order valence-electron chi connectivity index (χ4n) is 0.705. The van der Waals surface area contributed by atoms with Crippen molar-refractivity contribution in [3.05, 3.63) is 12.2 Å². The fourth-order valence-corrected chi connectivity index (χ4v) is 0.705. The summed E-state index contributed by atoms with van der Waals surface area (Å²) < 4.78 is 10.0. The normalized spacial score (nSPS) is 20.5. The van der Waals surface area contributed by atoms with Gasteiger partial charge in [-0.2, -0.15) is 0 Å². The minimum atomic E-state index is -0.657. The Morgan fingerprint density at radius 3 is 2.30 bits per heavy atom. The molecule has 0 N–H and O–H groups in total. The molecule has 0 aromatic rings. The summed E-state index contributed by atoms with van der Waals surface area (Å²) >= 11 is 0. The lowest BCUT2D eigenvalue weighted by atomic mass is 10.4. The van der Waals surface area contributed by atoms with Crippen LogP contribution in [0.25, 0.3) is 0 Å². The van der Waals surface area contributed by atoms with Gasteiger partial charge in [0.1, 0.15) is 0 Å². The summed E-state index contributed by atoms with van der Waals surface area (Å²) in [4.78, 5) is 10.7. The molecule has 0 aromatic heterocycles. The minimum Gasteiger partial charge on any atom is -0.342 e. The summed E-state index contributed by atoms with van der Waals surface area (Å²) in [7, 11) is 0. The Bertz CT molecular complexity index is 141. The van der Waals surface area contributed by atoms with Crippen LogP contribution in [0.15, 0.2) is 12.2 Å². The molecule has 56 valence electrons. The zero-order chi connectivity index (χ0) is 7.40. The van der Waals surface area contributed by atoms with Crippen LogP contribution < -0.4 is 0 Å². The third kappa shape index (κ3) is 1.93. The third-order valence-electron chi connectivity index (χ3n) is 1.19. The summed E-state index contributed by atoms with van der Waals surface area (Å²) in [6.07, 6.45) is 3.02. The zero-order valence-electron chi connectivity index (χ0n) is 5.87. The molecule has 0 bridgehead atoms. The van der Waals surface area contributed by atoms with Gasteiger partial charge in [0.15, 0.2) is 5.78 Å². The number of ether oxygens (including phenoxy) is 2. The van der Waals surface area contributed by atoms with Gasteiger partial charge in [-0.15, -0.1) is 0 Å². The molecular formula is C7H10O3. The lowest BCUT2D eigenvalue weighted by Crippen LogP contribution is -2.24. The number of hydrogen-bond donors (Lipinski definition) is 0. The molecule has 1 heterocycles. The first kappa shape index (κ1) is 7.44. The van der Waals surface area contributed by atoms with Gasteiger partial charge in [0, 0.05) is 0 Å². The first-order chi connectivity index (χ1) is 4.80. The summed E-state index contributed by atoms with van der Waals surface area (Å²) in [5.74, 6) is -0.0799. The van der Waals surface area contributed by atoms with Crippen molar-refractivity contribution in [2.75, 3.05) is 13.2 Å². The number of Topliss-reactive ketones (excluding diaryl/α,β-unsaturated/α-hetero) is 1. The smallest absolute Gasteiger partial charge is 0.218 e. The number of ketones is 1. The molecule has 10 heavy (non-hydrogen) atoms. The average Bonchev–Trinajstić information content (AvgIpc) is 2.12. The van der Waals surface area contributed by atoms with Crippen LogP contribution in [0, 0.1) is 0 Å². The van der Waals surface area contributed by atoms with Crippen molar-refractivity contribution in [1.82, 2.24) is 0 Å². The van der Waals surface area contributed by atoms with Gasteiger partial charge in [-0.3, -0.25) is 4.79 Å². The monoisotopic (exact) mass is 142 g/mol. The first-order valence-corrected chi connectivity index (χ1v) is 3.19. The summed E-state index contributed by atoms with van der Waals surface area (Å²) in [6, 6.07) is 0. The van der Waals surface area contributed by atoms with Gasteiger partial charge in [0.05, 0.1) is 13.2 Å². The second-order valence-electron chi connectivity index (χ2n) is 2.08. The fraction of sp³-hybridized carbons (Fsp3) is 0.571. The Morgan fingerprint density at radius 1 is 1.40 bits per heavy atom. The van der Waals surface area contributed by atoms with Gasteiger partial charge in [0.25, 0.3) is 0 Å². The SMILES string of the molecule is CC(=O)C1OCC=CCO1. The maximum absolute atomic E-state index is 10.7. The number of carbonyl (C=O) groups is 1. The van der Waals surface area contributed by atoms with Gasteiger partial charge < -0.3 is 9.47 Å². The number of carbonyl (C=O) groups excluding carboxylic acids is 1. The molecule has 1 aliphatic heterocycles. The molecule has 0 saturated carbocycles. The molecule has 3 heteroatoms. The molecule has 0 aromatic carbocycles. The van der Waals surface area contributed by atoms with Gasteiger partial charge in [0.2, 0.25) is 6.29 Å². The molecule has 0 spiro atoms. The van der Waals surface area contributed by atoms with Crippen molar-refractivity contribution in [2.45, 2.75) is 13.2 Å². The molecule has 0 atom stereocenters. The highest BCUT2D eigenvalue weighted by molar-refractivity contribution is 5.79. The standard InChI is InChI=1S/C7H10O3/c1-6(8)7-9-4-2-3-5-10-7/h2-3,7H,4-5H2,1H3. The molecule has 1 aliphatic rings. The summed E-state index contributed by atoms with van der Waals surface area (Å²) in [6.45, 7) is 2.38. The Balaban J connectivity index is 2.41. The Morgan fingerprint density at radius 2 is 1.90 bits per heavy atom. The van der Waals surface area contributed by atoms with Gasteiger partial charge in [-0.25, -0.2) is 0 Å². The van der Waals surface area contributed by atoms with Crippen molar-refractivity contribution in [2.24, 2.45) is 0 Å². The number of hydrogen-bond acceptors (Lipinski definition) is 3. The van der Waals surface area contributed by atoms with Gasteiger partial charge in [-0.1, -0.05) is 12.2 Å². The van der Waals surface area contributed by atoms with Crippen LogP contribution in [0.3, 0.4) is 0 Å². The van der Waals surface area contributed by atoms with Gasteiger partial charge in [-0.05, 0) is 6.92 Å². The predicted molar refractivity (Wildman–Crippen MR) is 35.5 cm³/mol. The van der Waals surface area contributed by atoms with Gasteiger partial charge >= 0.3 is 0 Å². The highest BCUT2D eigenvalue weighted by Crippen LogP contribution is 2.00. The van der Waals surface area contributed by atoms with Crippen molar-refractivity contribution < 1.29 is 14.3 Å². The molecule has 0 radical (unpaired) electrons. The third-order valence-corrected chi connectivity index (χ3v) is 1.19.